The van der Waals surface area contributed by atoms with Gasteiger partial charge in [-0.1, -0.05) is 6.92 Å². The van der Waals surface area contributed by atoms with Crippen LogP contribution >= 0.6 is 0 Å². The minimum absolute atomic E-state index is 0.193. The van der Waals surface area contributed by atoms with Crippen molar-refractivity contribution < 1.29 is 4.79 Å². The number of amides is 1. The minimum atomic E-state index is -0.193. The monoisotopic (exact) mass is 184 g/mol. The van der Waals surface area contributed by atoms with Gasteiger partial charge in [-0.05, 0) is 38.1 Å². The molecule has 0 bridgehead atoms. The van der Waals surface area contributed by atoms with Gasteiger partial charge in [0.15, 0.2) is 0 Å². The largest absolute Gasteiger partial charge is 0.370 e. The molecule has 1 rings (SSSR count). The van der Waals surface area contributed by atoms with Crippen molar-refractivity contribution in [3.8, 4) is 0 Å². The third-order valence-electron chi connectivity index (χ3n) is 2.73. The Bertz CT molecular complexity index is 170. The van der Waals surface area contributed by atoms with Crippen molar-refractivity contribution in [2.75, 3.05) is 6.54 Å². The van der Waals surface area contributed by atoms with E-state index in [0.717, 1.165) is 18.9 Å². The molecule has 1 aliphatic rings. The van der Waals surface area contributed by atoms with Gasteiger partial charge in [0.2, 0.25) is 5.91 Å². The van der Waals surface area contributed by atoms with E-state index in [1.165, 1.54) is 19.3 Å². The summed E-state index contributed by atoms with van der Waals surface area (Å²) in [4.78, 5) is 10.4. The summed E-state index contributed by atoms with van der Waals surface area (Å²) in [6.45, 7) is 3.23. The Hall–Kier alpha value is -0.570. The van der Waals surface area contributed by atoms with Crippen LogP contribution in [0.3, 0.4) is 0 Å². The molecule has 0 radical (unpaired) electrons. The maximum atomic E-state index is 10.4. The summed E-state index contributed by atoms with van der Waals surface area (Å²) in [6.07, 6.45) is 5.30. The highest BCUT2D eigenvalue weighted by atomic mass is 16.1. The van der Waals surface area contributed by atoms with E-state index in [0.29, 0.717) is 12.5 Å². The first-order valence-corrected chi connectivity index (χ1v) is 5.20. The zero-order valence-corrected chi connectivity index (χ0v) is 8.38. The maximum absolute atomic E-state index is 10.4. The smallest absolute Gasteiger partial charge is 0.217 e. The van der Waals surface area contributed by atoms with Gasteiger partial charge in [-0.25, -0.2) is 0 Å². The minimum Gasteiger partial charge on any atom is -0.370 e. The molecule has 3 N–H and O–H groups in total. The van der Waals surface area contributed by atoms with Crippen LogP contribution in [0, 0.1) is 5.92 Å². The van der Waals surface area contributed by atoms with Crippen LogP contribution in [0.1, 0.15) is 39.0 Å². The number of carbonyl (C=O) groups excluding carboxylic acids is 1. The first-order valence-electron chi connectivity index (χ1n) is 5.20. The maximum Gasteiger partial charge on any atom is 0.217 e. The lowest BCUT2D eigenvalue weighted by molar-refractivity contribution is -0.118. The third kappa shape index (κ3) is 4.27. The van der Waals surface area contributed by atoms with Crippen molar-refractivity contribution in [1.29, 1.82) is 0 Å². The molecule has 1 amide bonds. The van der Waals surface area contributed by atoms with Gasteiger partial charge in [0.25, 0.3) is 0 Å². The molecule has 76 valence electrons. The quantitative estimate of drug-likeness (QED) is 0.627. The van der Waals surface area contributed by atoms with Gasteiger partial charge in [0.05, 0.1) is 0 Å². The van der Waals surface area contributed by atoms with Crippen LogP contribution in [-0.2, 0) is 4.79 Å². The first kappa shape index (κ1) is 10.5. The molecule has 3 nitrogen and oxygen atoms in total. The number of hydrogen-bond acceptors (Lipinski definition) is 2. The molecule has 3 heteroatoms. The lowest BCUT2D eigenvalue weighted by atomic mass is 10.1. The molecule has 2 unspecified atom stereocenters. The van der Waals surface area contributed by atoms with Crippen LogP contribution in [0.15, 0.2) is 0 Å². The van der Waals surface area contributed by atoms with E-state index in [2.05, 4.69) is 12.2 Å². The molecule has 1 saturated carbocycles. The van der Waals surface area contributed by atoms with Crippen LogP contribution in [0.5, 0.6) is 0 Å². The lowest BCUT2D eigenvalue weighted by Crippen LogP contribution is -2.28. The van der Waals surface area contributed by atoms with E-state index in [4.69, 9.17) is 5.73 Å². The highest BCUT2D eigenvalue weighted by Gasteiger charge is 2.19. The Morgan fingerprint density at radius 3 is 2.85 bits per heavy atom. The molecule has 0 aromatic rings. The summed E-state index contributed by atoms with van der Waals surface area (Å²) < 4.78 is 0. The molecular formula is C10H20N2O. The van der Waals surface area contributed by atoms with Crippen LogP contribution in [-0.4, -0.2) is 18.5 Å². The van der Waals surface area contributed by atoms with Crippen molar-refractivity contribution in [3.05, 3.63) is 0 Å². The topological polar surface area (TPSA) is 55.1 Å². The van der Waals surface area contributed by atoms with Crippen LogP contribution in [0.4, 0.5) is 0 Å². The number of nitrogens with one attached hydrogen (secondary N) is 1. The Labute approximate surface area is 80.1 Å². The van der Waals surface area contributed by atoms with E-state index in [9.17, 15) is 4.79 Å². The van der Waals surface area contributed by atoms with Gasteiger partial charge in [-0.2, -0.15) is 0 Å². The Morgan fingerprint density at radius 1 is 1.54 bits per heavy atom. The molecular weight excluding hydrogens is 164 g/mol. The summed E-state index contributed by atoms with van der Waals surface area (Å²) in [5, 5.41) is 3.46. The Kier molecular flexibility index (Phi) is 4.22. The van der Waals surface area contributed by atoms with Crippen molar-refractivity contribution >= 4 is 5.91 Å². The van der Waals surface area contributed by atoms with Gasteiger partial charge in [-0.15, -0.1) is 0 Å². The summed E-state index contributed by atoms with van der Waals surface area (Å²) in [5.74, 6) is 0.676. The molecule has 0 spiro atoms. The highest BCUT2D eigenvalue weighted by Crippen LogP contribution is 2.24. The zero-order chi connectivity index (χ0) is 9.68. The number of hydrogen-bond donors (Lipinski definition) is 2. The fourth-order valence-corrected chi connectivity index (χ4v) is 1.96. The third-order valence-corrected chi connectivity index (χ3v) is 2.73. The average molecular weight is 184 g/mol. The van der Waals surface area contributed by atoms with E-state index in [1.807, 2.05) is 0 Å². The molecule has 1 aliphatic carbocycles. The van der Waals surface area contributed by atoms with Gasteiger partial charge >= 0.3 is 0 Å². The SMILES string of the molecule is CC1CCC(NCCCC(N)=O)C1. The van der Waals surface area contributed by atoms with Gasteiger partial charge in [-0.3, -0.25) is 4.79 Å². The number of carbonyl (C=O) groups is 1. The van der Waals surface area contributed by atoms with Crippen molar-refractivity contribution in [3.63, 3.8) is 0 Å². The molecule has 0 aliphatic heterocycles. The fraction of sp³-hybridized carbons (Fsp3) is 0.900. The van der Waals surface area contributed by atoms with Gasteiger partial charge in [0, 0.05) is 12.5 Å². The van der Waals surface area contributed by atoms with Crippen molar-refractivity contribution in [1.82, 2.24) is 5.32 Å². The number of primary amides is 1. The van der Waals surface area contributed by atoms with Crippen LogP contribution in [0.2, 0.25) is 0 Å². The normalized spacial score (nSPS) is 27.8. The molecule has 13 heavy (non-hydrogen) atoms. The second-order valence-corrected chi connectivity index (χ2v) is 4.14. The molecule has 0 saturated heterocycles. The predicted molar refractivity (Wildman–Crippen MR) is 53.2 cm³/mol. The number of rotatable bonds is 5. The summed E-state index contributed by atoms with van der Waals surface area (Å²) in [7, 11) is 0. The van der Waals surface area contributed by atoms with E-state index in [-0.39, 0.29) is 5.91 Å². The molecule has 0 heterocycles. The van der Waals surface area contributed by atoms with E-state index < -0.39 is 0 Å². The average Bonchev–Trinajstić information content (AvgIpc) is 2.45. The number of nitrogens with two attached hydrogens (primary N) is 1. The van der Waals surface area contributed by atoms with Gasteiger partial charge < -0.3 is 11.1 Å². The Morgan fingerprint density at radius 2 is 2.31 bits per heavy atom. The van der Waals surface area contributed by atoms with Crippen molar-refractivity contribution in [2.45, 2.75) is 45.1 Å². The second kappa shape index (κ2) is 5.22. The lowest BCUT2D eigenvalue weighted by Gasteiger charge is -2.11. The fourth-order valence-electron chi connectivity index (χ4n) is 1.96. The van der Waals surface area contributed by atoms with E-state index >= 15 is 0 Å². The second-order valence-electron chi connectivity index (χ2n) is 4.14. The van der Waals surface area contributed by atoms with Crippen LogP contribution < -0.4 is 11.1 Å². The van der Waals surface area contributed by atoms with E-state index in [1.54, 1.807) is 0 Å². The molecule has 0 aromatic heterocycles. The molecule has 1 fully saturated rings. The Balaban J connectivity index is 1.97. The van der Waals surface area contributed by atoms with Crippen LogP contribution in [0.25, 0.3) is 0 Å². The predicted octanol–water partition coefficient (Wildman–Crippen LogP) is 1.03. The summed E-state index contributed by atoms with van der Waals surface area (Å²) in [5.41, 5.74) is 5.04. The zero-order valence-electron chi connectivity index (χ0n) is 8.38. The van der Waals surface area contributed by atoms with Crippen molar-refractivity contribution in [2.24, 2.45) is 11.7 Å². The van der Waals surface area contributed by atoms with Gasteiger partial charge in [0.1, 0.15) is 0 Å². The standard InChI is InChI=1S/C10H20N2O/c1-8-4-5-9(7-8)12-6-2-3-10(11)13/h8-9,12H,2-7H2,1H3,(H2,11,13). The molecule has 2 atom stereocenters. The summed E-state index contributed by atoms with van der Waals surface area (Å²) in [6, 6.07) is 0.683. The first-order chi connectivity index (χ1) is 6.18. The summed E-state index contributed by atoms with van der Waals surface area (Å²) >= 11 is 0. The molecule has 0 aromatic carbocycles. The highest BCUT2D eigenvalue weighted by molar-refractivity contribution is 5.73.